The molecule has 0 N–H and O–H groups in total. The van der Waals surface area contributed by atoms with E-state index in [1.807, 2.05) is 0 Å². The standard InChI is InChI=1S/C69H42N2O2/c1-5-21-44(22-6-1)70(45-23-7-2-8-24-45)60-42-59-64(53-38-37-51-50-31-15-19-35-62(50)72-67(51)66(53)60)55-41-54-43(39-58(55)69(59)56-33-17-13-29-48(56)49-30-14-18-34-57(49)69)40-61(68-65(54)52-32-16-20-36-63(52)73-68)71(46-25-9-3-10-26-46)47-27-11-4-12-28-47/h1-42H. The molecule has 0 unspecified atom stereocenters. The van der Waals surface area contributed by atoms with Crippen LogP contribution in [-0.4, -0.2) is 0 Å². The maximum absolute atomic E-state index is 7.14. The number of anilines is 6. The molecule has 2 aliphatic carbocycles. The first-order valence-electron chi connectivity index (χ1n) is 25.1. The van der Waals surface area contributed by atoms with Gasteiger partial charge < -0.3 is 18.6 Å². The highest BCUT2D eigenvalue weighted by Crippen LogP contribution is 2.66. The van der Waals surface area contributed by atoms with Gasteiger partial charge in [0.25, 0.3) is 0 Å². The van der Waals surface area contributed by atoms with E-state index in [1.165, 1.54) is 44.5 Å². The van der Waals surface area contributed by atoms with Crippen molar-refractivity contribution in [2.45, 2.75) is 5.41 Å². The predicted molar refractivity (Wildman–Crippen MR) is 302 cm³/mol. The van der Waals surface area contributed by atoms with E-state index in [0.29, 0.717) is 0 Å². The SMILES string of the molecule is c1ccc(N(c2ccccc2)c2cc3cc4c(cc3c3c2oc2ccccc23)-c2c(cc(N(c3ccccc3)c3ccccc3)c3c2ccc2c5ccccc5oc23)C42c3ccccc3-c3ccccc32)cc1. The average molecular weight is 931 g/mol. The Bertz CT molecular complexity index is 4430. The predicted octanol–water partition coefficient (Wildman–Crippen LogP) is 19.1. The largest absolute Gasteiger partial charge is 0.455 e. The Balaban J connectivity index is 1.11. The first kappa shape index (κ1) is 40.1. The summed E-state index contributed by atoms with van der Waals surface area (Å²) in [5.41, 5.74) is 19.0. The fraction of sp³-hybridized carbons (Fsp3) is 0.0145. The maximum Gasteiger partial charge on any atom is 0.160 e. The fourth-order valence-electron chi connectivity index (χ4n) is 12.9. The van der Waals surface area contributed by atoms with Crippen molar-refractivity contribution in [2.75, 3.05) is 9.80 Å². The van der Waals surface area contributed by atoms with Gasteiger partial charge in [0.2, 0.25) is 0 Å². The van der Waals surface area contributed by atoms with Crippen LogP contribution in [0.15, 0.2) is 264 Å². The molecule has 14 aromatic rings. The number of hydrogen-bond acceptors (Lipinski definition) is 4. The van der Waals surface area contributed by atoms with E-state index < -0.39 is 5.41 Å². The Kier molecular flexibility index (Phi) is 8.35. The molecule has 0 radical (unpaired) electrons. The molecule has 2 aromatic heterocycles. The molecule has 2 heterocycles. The van der Waals surface area contributed by atoms with E-state index >= 15 is 0 Å². The number of benzene rings is 12. The number of furan rings is 2. The third-order valence-corrected chi connectivity index (χ3v) is 15.8. The van der Waals surface area contributed by atoms with Gasteiger partial charge in [0.15, 0.2) is 5.58 Å². The van der Waals surface area contributed by atoms with Gasteiger partial charge in [-0.2, -0.15) is 0 Å². The van der Waals surface area contributed by atoms with Gasteiger partial charge in [0, 0.05) is 49.7 Å². The van der Waals surface area contributed by atoms with Gasteiger partial charge in [-0.25, -0.2) is 0 Å². The summed E-state index contributed by atoms with van der Waals surface area (Å²) < 4.78 is 14.2. The summed E-state index contributed by atoms with van der Waals surface area (Å²) in [4.78, 5) is 4.78. The Labute approximate surface area is 420 Å². The molecule has 0 amide bonds. The normalized spacial score (nSPS) is 13.0. The zero-order valence-corrected chi connectivity index (χ0v) is 39.5. The van der Waals surface area contributed by atoms with Crippen molar-refractivity contribution in [3.63, 3.8) is 0 Å². The number of hydrogen-bond donors (Lipinski definition) is 0. The number of para-hydroxylation sites is 6. The lowest BCUT2D eigenvalue weighted by atomic mass is 9.70. The summed E-state index contributed by atoms with van der Waals surface area (Å²) in [6, 6.07) is 92.7. The maximum atomic E-state index is 7.14. The first-order valence-corrected chi connectivity index (χ1v) is 25.1. The highest BCUT2D eigenvalue weighted by atomic mass is 16.3. The number of fused-ring (bicyclic) bond motifs is 21. The van der Waals surface area contributed by atoms with Gasteiger partial charge >= 0.3 is 0 Å². The highest BCUT2D eigenvalue weighted by molar-refractivity contribution is 6.27. The van der Waals surface area contributed by atoms with Crippen LogP contribution >= 0.6 is 0 Å². The summed E-state index contributed by atoms with van der Waals surface area (Å²) in [6.07, 6.45) is 0. The molecule has 4 nitrogen and oxygen atoms in total. The third-order valence-electron chi connectivity index (χ3n) is 15.8. The Hall–Kier alpha value is -9.64. The summed E-state index contributed by atoms with van der Waals surface area (Å²) in [5, 5.41) is 8.86. The smallest absolute Gasteiger partial charge is 0.160 e. The van der Waals surface area contributed by atoms with Crippen LogP contribution in [0.4, 0.5) is 34.1 Å². The van der Waals surface area contributed by atoms with Crippen LogP contribution in [0.25, 0.3) is 87.7 Å². The molecule has 0 aliphatic heterocycles. The van der Waals surface area contributed by atoms with Gasteiger partial charge in [0.05, 0.1) is 16.8 Å². The minimum Gasteiger partial charge on any atom is -0.455 e. The lowest BCUT2D eigenvalue weighted by Crippen LogP contribution is -2.26. The lowest BCUT2D eigenvalue weighted by molar-refractivity contribution is 0.669. The van der Waals surface area contributed by atoms with Crippen LogP contribution in [0.1, 0.15) is 22.3 Å². The van der Waals surface area contributed by atoms with Crippen molar-refractivity contribution < 1.29 is 8.83 Å². The van der Waals surface area contributed by atoms with Gasteiger partial charge in [-0.1, -0.05) is 164 Å². The van der Waals surface area contributed by atoms with Gasteiger partial charge in [-0.15, -0.1) is 0 Å². The molecule has 0 bridgehead atoms. The Morgan fingerprint density at radius 3 is 1.37 bits per heavy atom. The van der Waals surface area contributed by atoms with E-state index in [4.69, 9.17) is 8.83 Å². The molecular formula is C69H42N2O2. The van der Waals surface area contributed by atoms with Gasteiger partial charge in [0.1, 0.15) is 16.7 Å². The second kappa shape index (κ2) is 15.2. The van der Waals surface area contributed by atoms with Crippen LogP contribution < -0.4 is 9.80 Å². The van der Waals surface area contributed by atoms with E-state index in [0.717, 1.165) is 99.5 Å². The number of nitrogens with zero attached hydrogens (tertiary/aromatic N) is 2. The van der Waals surface area contributed by atoms with Crippen molar-refractivity contribution in [3.05, 3.63) is 277 Å². The molecule has 73 heavy (non-hydrogen) atoms. The molecule has 0 saturated heterocycles. The fourth-order valence-corrected chi connectivity index (χ4v) is 12.9. The number of rotatable bonds is 6. The molecule has 0 atom stereocenters. The van der Waals surface area contributed by atoms with E-state index in [2.05, 4.69) is 265 Å². The molecular weight excluding hydrogens is 889 g/mol. The van der Waals surface area contributed by atoms with Gasteiger partial charge in [-0.05, 0) is 152 Å². The first-order chi connectivity index (χ1) is 36.2. The Morgan fingerprint density at radius 1 is 0.288 bits per heavy atom. The second-order valence-corrected chi connectivity index (χ2v) is 19.5. The molecule has 0 saturated carbocycles. The highest BCUT2D eigenvalue weighted by Gasteiger charge is 2.53. The topological polar surface area (TPSA) is 32.8 Å². The molecule has 1 spiro atoms. The average Bonchev–Trinajstić information content (AvgIpc) is 4.20. The van der Waals surface area contributed by atoms with Crippen LogP contribution in [0.5, 0.6) is 0 Å². The molecule has 12 aromatic carbocycles. The van der Waals surface area contributed by atoms with Crippen LogP contribution in [0.2, 0.25) is 0 Å². The second-order valence-electron chi connectivity index (χ2n) is 19.5. The van der Waals surface area contributed by atoms with Crippen molar-refractivity contribution in [2.24, 2.45) is 0 Å². The minimum absolute atomic E-state index is 0.691. The van der Waals surface area contributed by atoms with Crippen molar-refractivity contribution in [1.29, 1.82) is 0 Å². The zero-order valence-electron chi connectivity index (χ0n) is 39.5. The van der Waals surface area contributed by atoms with E-state index in [1.54, 1.807) is 0 Å². The lowest BCUT2D eigenvalue weighted by Gasteiger charge is -2.33. The molecule has 4 heteroatoms. The quantitative estimate of drug-likeness (QED) is 0.166. The monoisotopic (exact) mass is 930 g/mol. The summed E-state index contributed by atoms with van der Waals surface area (Å²) in [7, 11) is 0. The zero-order chi connectivity index (χ0) is 47.8. The third kappa shape index (κ3) is 5.49. The van der Waals surface area contributed by atoms with Gasteiger partial charge in [-0.3, -0.25) is 0 Å². The van der Waals surface area contributed by atoms with Crippen molar-refractivity contribution in [1.82, 2.24) is 0 Å². The molecule has 0 fully saturated rings. The van der Waals surface area contributed by atoms with Crippen LogP contribution in [0.3, 0.4) is 0 Å². The van der Waals surface area contributed by atoms with E-state index in [-0.39, 0.29) is 0 Å². The summed E-state index contributed by atoms with van der Waals surface area (Å²) in [5.74, 6) is 0. The van der Waals surface area contributed by atoms with Crippen molar-refractivity contribution in [3.8, 4) is 22.3 Å². The summed E-state index contributed by atoms with van der Waals surface area (Å²) >= 11 is 0. The van der Waals surface area contributed by atoms with Crippen molar-refractivity contribution >= 4 is 99.5 Å². The van der Waals surface area contributed by atoms with Crippen LogP contribution in [-0.2, 0) is 5.41 Å². The molecule has 16 rings (SSSR count). The van der Waals surface area contributed by atoms with E-state index in [9.17, 15) is 0 Å². The Morgan fingerprint density at radius 2 is 0.767 bits per heavy atom. The summed E-state index contributed by atoms with van der Waals surface area (Å²) in [6.45, 7) is 0. The molecule has 340 valence electrons. The molecule has 2 aliphatic rings. The minimum atomic E-state index is -0.691. The van der Waals surface area contributed by atoms with Crippen LogP contribution in [0, 0.1) is 0 Å².